The second-order valence-corrected chi connectivity index (χ2v) is 6.75. The van der Waals surface area contributed by atoms with Crippen LogP contribution < -0.4 is 15.8 Å². The summed E-state index contributed by atoms with van der Waals surface area (Å²) in [5.41, 5.74) is 7.89. The fourth-order valence-electron chi connectivity index (χ4n) is 2.80. The molecule has 3 aromatic rings. The molecule has 2 aromatic heterocycles. The van der Waals surface area contributed by atoms with Gasteiger partial charge in [-0.25, -0.2) is 9.37 Å². The fourth-order valence-corrected chi connectivity index (χ4v) is 3.08. The molecule has 4 rings (SSSR count). The highest BCUT2D eigenvalue weighted by molar-refractivity contribution is 6.31. The van der Waals surface area contributed by atoms with Gasteiger partial charge in [-0.2, -0.15) is 15.0 Å². The van der Waals surface area contributed by atoms with E-state index in [0.29, 0.717) is 17.0 Å². The molecule has 1 fully saturated rings. The van der Waals surface area contributed by atoms with Crippen molar-refractivity contribution in [3.05, 3.63) is 53.1 Å². The van der Waals surface area contributed by atoms with Crippen LogP contribution in [0, 0.1) is 5.82 Å². The van der Waals surface area contributed by atoms with Crippen molar-refractivity contribution < 1.29 is 9.13 Å². The van der Waals surface area contributed by atoms with E-state index in [9.17, 15) is 4.39 Å². The highest BCUT2D eigenvalue weighted by Gasteiger charge is 2.21. The SMILES string of the molecule is C[C@@H](Oc1cc(-c2cnn(C3CNC3)n2)cnc1N)c1cccc(F)c1Cl. The van der Waals surface area contributed by atoms with Crippen molar-refractivity contribution in [1.29, 1.82) is 0 Å². The third-order valence-electron chi connectivity index (χ3n) is 4.50. The zero-order valence-corrected chi connectivity index (χ0v) is 15.3. The highest BCUT2D eigenvalue weighted by Crippen LogP contribution is 2.33. The van der Waals surface area contributed by atoms with E-state index in [2.05, 4.69) is 20.5 Å². The lowest BCUT2D eigenvalue weighted by atomic mass is 10.1. The van der Waals surface area contributed by atoms with Crippen LogP contribution in [-0.4, -0.2) is 33.1 Å². The van der Waals surface area contributed by atoms with E-state index in [0.717, 1.165) is 18.7 Å². The van der Waals surface area contributed by atoms with Gasteiger partial charge in [0.15, 0.2) is 11.6 Å². The third-order valence-corrected chi connectivity index (χ3v) is 4.89. The summed E-state index contributed by atoms with van der Waals surface area (Å²) in [5.74, 6) is 0.112. The van der Waals surface area contributed by atoms with Crippen molar-refractivity contribution in [2.45, 2.75) is 19.1 Å². The van der Waals surface area contributed by atoms with E-state index in [1.807, 2.05) is 0 Å². The van der Waals surface area contributed by atoms with Crippen LogP contribution in [0.3, 0.4) is 0 Å². The number of pyridine rings is 1. The molecule has 0 saturated carbocycles. The van der Waals surface area contributed by atoms with Crippen molar-refractivity contribution >= 4 is 17.4 Å². The van der Waals surface area contributed by atoms with Gasteiger partial charge in [-0.15, -0.1) is 0 Å². The van der Waals surface area contributed by atoms with E-state index >= 15 is 0 Å². The molecule has 140 valence electrons. The summed E-state index contributed by atoms with van der Waals surface area (Å²) in [6.45, 7) is 3.48. The quantitative estimate of drug-likeness (QED) is 0.698. The maximum absolute atomic E-state index is 13.7. The van der Waals surface area contributed by atoms with Crippen LogP contribution in [0.2, 0.25) is 5.02 Å². The number of aromatic nitrogens is 4. The first kappa shape index (κ1) is 17.7. The van der Waals surface area contributed by atoms with Gasteiger partial charge in [0.2, 0.25) is 0 Å². The first-order valence-electron chi connectivity index (χ1n) is 8.52. The van der Waals surface area contributed by atoms with Crippen molar-refractivity contribution in [2.24, 2.45) is 0 Å². The zero-order chi connectivity index (χ0) is 19.0. The highest BCUT2D eigenvalue weighted by atomic mass is 35.5. The largest absolute Gasteiger partial charge is 0.482 e. The number of halogens is 2. The molecule has 3 N–H and O–H groups in total. The lowest BCUT2D eigenvalue weighted by Gasteiger charge is -2.25. The van der Waals surface area contributed by atoms with E-state index < -0.39 is 11.9 Å². The molecule has 1 aliphatic heterocycles. The van der Waals surface area contributed by atoms with Crippen molar-refractivity contribution in [3.8, 4) is 17.0 Å². The first-order chi connectivity index (χ1) is 13.0. The second-order valence-electron chi connectivity index (χ2n) is 6.37. The molecule has 1 saturated heterocycles. The van der Waals surface area contributed by atoms with Gasteiger partial charge in [-0.1, -0.05) is 23.7 Å². The number of rotatable bonds is 5. The van der Waals surface area contributed by atoms with Crippen LogP contribution in [0.1, 0.15) is 24.6 Å². The molecule has 0 spiro atoms. The first-order valence-corrected chi connectivity index (χ1v) is 8.89. The maximum atomic E-state index is 13.7. The van der Waals surface area contributed by atoms with Crippen molar-refractivity contribution in [3.63, 3.8) is 0 Å². The van der Waals surface area contributed by atoms with Crippen LogP contribution in [-0.2, 0) is 0 Å². The lowest BCUT2D eigenvalue weighted by molar-refractivity contribution is 0.227. The molecule has 1 aliphatic rings. The van der Waals surface area contributed by atoms with Crippen LogP contribution in [0.25, 0.3) is 11.3 Å². The molecule has 0 bridgehead atoms. The Kier molecular flexibility index (Phi) is 4.67. The molecule has 0 unspecified atom stereocenters. The average Bonchev–Trinajstić information content (AvgIpc) is 3.07. The summed E-state index contributed by atoms with van der Waals surface area (Å²) < 4.78 is 19.6. The molecular weight excluding hydrogens is 371 g/mol. The molecule has 0 radical (unpaired) electrons. The van der Waals surface area contributed by atoms with Crippen LogP contribution >= 0.6 is 11.6 Å². The normalized spacial score (nSPS) is 15.4. The van der Waals surface area contributed by atoms with Crippen LogP contribution in [0.15, 0.2) is 36.7 Å². The number of anilines is 1. The molecule has 0 amide bonds. The van der Waals surface area contributed by atoms with Gasteiger partial charge in [0.05, 0.1) is 17.3 Å². The van der Waals surface area contributed by atoms with Crippen molar-refractivity contribution in [1.82, 2.24) is 25.3 Å². The van der Waals surface area contributed by atoms with Gasteiger partial charge < -0.3 is 15.8 Å². The second kappa shape index (κ2) is 7.13. The summed E-state index contributed by atoms with van der Waals surface area (Å²) in [6.07, 6.45) is 2.79. The minimum atomic E-state index is -0.510. The number of nitrogens with two attached hydrogens (primary N) is 1. The van der Waals surface area contributed by atoms with Gasteiger partial charge >= 0.3 is 0 Å². The van der Waals surface area contributed by atoms with Gasteiger partial charge in [0.1, 0.15) is 17.6 Å². The Balaban J connectivity index is 1.58. The van der Waals surface area contributed by atoms with Crippen molar-refractivity contribution in [2.75, 3.05) is 18.8 Å². The molecular formula is C18H18ClFN6O. The Labute approximate surface area is 160 Å². The average molecular weight is 389 g/mol. The Hall–Kier alpha value is -2.71. The number of nitrogen functional groups attached to an aromatic ring is 1. The van der Waals surface area contributed by atoms with Crippen LogP contribution in [0.4, 0.5) is 10.2 Å². The van der Waals surface area contributed by atoms with E-state index in [-0.39, 0.29) is 16.9 Å². The number of ether oxygens (including phenoxy) is 1. The number of nitrogens with one attached hydrogen (secondary N) is 1. The molecule has 27 heavy (non-hydrogen) atoms. The molecule has 7 nitrogen and oxygen atoms in total. The van der Waals surface area contributed by atoms with E-state index in [1.54, 1.807) is 42.3 Å². The molecule has 1 atom stereocenters. The summed E-state index contributed by atoms with van der Waals surface area (Å²) in [4.78, 5) is 5.88. The standard InChI is InChI=1S/C18H18ClFN6O/c1-10(13-3-2-4-14(20)17(13)19)27-16-5-11(6-23-18(16)21)15-9-24-26(25-15)12-7-22-8-12/h2-6,9-10,12,22H,7-8H2,1H3,(H2,21,23)/t10-/m1/s1. The summed E-state index contributed by atoms with van der Waals surface area (Å²) in [5, 5.41) is 12.0. The van der Waals surface area contributed by atoms with Crippen LogP contribution in [0.5, 0.6) is 5.75 Å². The lowest BCUT2D eigenvalue weighted by Crippen LogP contribution is -2.44. The smallest absolute Gasteiger partial charge is 0.166 e. The number of benzene rings is 1. The number of hydrogen-bond donors (Lipinski definition) is 2. The Bertz CT molecular complexity index is 974. The summed E-state index contributed by atoms with van der Waals surface area (Å²) in [7, 11) is 0. The monoisotopic (exact) mass is 388 g/mol. The topological polar surface area (TPSA) is 90.9 Å². The zero-order valence-electron chi connectivity index (χ0n) is 14.6. The van der Waals surface area contributed by atoms with Gasteiger partial charge in [-0.05, 0) is 19.1 Å². The van der Waals surface area contributed by atoms with E-state index in [4.69, 9.17) is 22.1 Å². The fraction of sp³-hybridized carbons (Fsp3) is 0.278. The van der Waals surface area contributed by atoms with Gasteiger partial charge in [0.25, 0.3) is 0 Å². The minimum absolute atomic E-state index is 0.0322. The van der Waals surface area contributed by atoms with Gasteiger partial charge in [-0.3, -0.25) is 0 Å². The Morgan fingerprint density at radius 3 is 2.93 bits per heavy atom. The summed E-state index contributed by atoms with van der Waals surface area (Å²) in [6, 6.07) is 6.62. The third kappa shape index (κ3) is 3.45. The molecule has 9 heteroatoms. The predicted octanol–water partition coefficient (Wildman–Crippen LogP) is 3.00. The maximum Gasteiger partial charge on any atom is 0.166 e. The minimum Gasteiger partial charge on any atom is -0.482 e. The number of nitrogens with zero attached hydrogens (tertiary/aromatic N) is 4. The summed E-state index contributed by atoms with van der Waals surface area (Å²) >= 11 is 6.04. The molecule has 1 aromatic carbocycles. The molecule has 3 heterocycles. The Morgan fingerprint density at radius 2 is 2.19 bits per heavy atom. The van der Waals surface area contributed by atoms with E-state index in [1.165, 1.54) is 6.07 Å². The number of hydrogen-bond acceptors (Lipinski definition) is 6. The van der Waals surface area contributed by atoms with Gasteiger partial charge in [0, 0.05) is 30.4 Å². The predicted molar refractivity (Wildman–Crippen MR) is 100 cm³/mol. The Morgan fingerprint density at radius 1 is 1.37 bits per heavy atom. The molecule has 0 aliphatic carbocycles.